The molecule has 140 valence electrons. The zero-order chi connectivity index (χ0) is 18.8. The molecule has 0 spiro atoms. The molecule has 0 amide bonds. The van der Waals surface area contributed by atoms with Crippen LogP contribution in [0.2, 0.25) is 0 Å². The van der Waals surface area contributed by atoms with Crippen LogP contribution in [0.15, 0.2) is 47.1 Å². The number of hydrogen-bond donors (Lipinski definition) is 0. The topological polar surface area (TPSA) is 67.5 Å². The number of rotatable bonds is 5. The minimum atomic E-state index is 0.461. The van der Waals surface area contributed by atoms with Crippen LogP contribution in [0.5, 0.6) is 5.75 Å². The Kier molecular flexibility index (Phi) is 4.77. The largest absolute Gasteiger partial charge is 0.497 e. The number of anilines is 1. The van der Waals surface area contributed by atoms with Crippen LogP contribution in [-0.4, -0.2) is 60.4 Å². The standard InChI is InChI=1S/C20H23N5O2/c1-24-11-10-16(13-24)25(2)18-9-6-15(12-21-18)20-22-19(23-27-20)14-4-7-17(26-3)8-5-14/h4-9,12,16H,10-11,13H2,1-3H3. The first-order chi connectivity index (χ1) is 13.1. The quantitative estimate of drug-likeness (QED) is 0.688. The summed E-state index contributed by atoms with van der Waals surface area (Å²) in [6.45, 7) is 2.19. The van der Waals surface area contributed by atoms with Crippen LogP contribution >= 0.6 is 0 Å². The van der Waals surface area contributed by atoms with Crippen molar-refractivity contribution in [2.45, 2.75) is 12.5 Å². The van der Waals surface area contributed by atoms with E-state index in [-0.39, 0.29) is 0 Å². The zero-order valence-corrected chi connectivity index (χ0v) is 15.8. The lowest BCUT2D eigenvalue weighted by molar-refractivity contribution is 0.409. The van der Waals surface area contributed by atoms with Crippen molar-refractivity contribution in [2.24, 2.45) is 0 Å². The van der Waals surface area contributed by atoms with Gasteiger partial charge in [0.25, 0.3) is 5.89 Å². The monoisotopic (exact) mass is 365 g/mol. The van der Waals surface area contributed by atoms with Crippen LogP contribution in [0.3, 0.4) is 0 Å². The molecule has 1 aliphatic rings. The summed E-state index contributed by atoms with van der Waals surface area (Å²) in [5.41, 5.74) is 1.68. The van der Waals surface area contributed by atoms with Gasteiger partial charge in [-0.2, -0.15) is 4.98 Å². The molecular formula is C20H23N5O2. The molecule has 7 nitrogen and oxygen atoms in total. The third kappa shape index (κ3) is 3.64. The predicted molar refractivity (Wildman–Crippen MR) is 104 cm³/mol. The highest BCUT2D eigenvalue weighted by Crippen LogP contribution is 2.25. The Hall–Kier alpha value is -2.93. The molecule has 1 aromatic carbocycles. The van der Waals surface area contributed by atoms with E-state index >= 15 is 0 Å². The van der Waals surface area contributed by atoms with Crippen LogP contribution in [0.4, 0.5) is 5.82 Å². The molecule has 2 aromatic heterocycles. The second kappa shape index (κ2) is 7.36. The highest BCUT2D eigenvalue weighted by atomic mass is 16.5. The van der Waals surface area contributed by atoms with Gasteiger partial charge in [0.2, 0.25) is 5.82 Å². The third-order valence-electron chi connectivity index (χ3n) is 5.04. The summed E-state index contributed by atoms with van der Waals surface area (Å²) in [5, 5.41) is 4.08. The Bertz CT molecular complexity index is 891. The number of nitrogens with zero attached hydrogens (tertiary/aromatic N) is 5. The molecule has 7 heteroatoms. The van der Waals surface area contributed by atoms with Crippen molar-refractivity contribution in [3.8, 4) is 28.6 Å². The summed E-state index contributed by atoms with van der Waals surface area (Å²) in [6, 6.07) is 12.0. The number of methoxy groups -OCH3 is 1. The number of hydrogen-bond acceptors (Lipinski definition) is 7. The van der Waals surface area contributed by atoms with Gasteiger partial charge in [-0.3, -0.25) is 0 Å². The van der Waals surface area contributed by atoms with Gasteiger partial charge >= 0.3 is 0 Å². The Morgan fingerprint density at radius 2 is 1.93 bits per heavy atom. The molecule has 1 aliphatic heterocycles. The van der Waals surface area contributed by atoms with Gasteiger partial charge in [0.15, 0.2) is 0 Å². The highest BCUT2D eigenvalue weighted by molar-refractivity contribution is 5.61. The van der Waals surface area contributed by atoms with E-state index in [2.05, 4.69) is 39.0 Å². The Labute approximate surface area is 158 Å². The Morgan fingerprint density at radius 3 is 2.56 bits per heavy atom. The number of likely N-dealkylation sites (tertiary alicyclic amines) is 1. The van der Waals surface area contributed by atoms with Gasteiger partial charge in [-0.1, -0.05) is 5.16 Å². The summed E-state index contributed by atoms with van der Waals surface area (Å²) < 4.78 is 10.6. The summed E-state index contributed by atoms with van der Waals surface area (Å²) in [6.07, 6.45) is 2.95. The van der Waals surface area contributed by atoms with Crippen molar-refractivity contribution < 1.29 is 9.26 Å². The maximum Gasteiger partial charge on any atom is 0.259 e. The second-order valence-corrected chi connectivity index (χ2v) is 6.87. The van der Waals surface area contributed by atoms with E-state index in [0.717, 1.165) is 42.2 Å². The summed E-state index contributed by atoms with van der Waals surface area (Å²) in [4.78, 5) is 13.7. The van der Waals surface area contributed by atoms with Gasteiger partial charge in [0.1, 0.15) is 11.6 Å². The molecule has 0 bridgehead atoms. The van der Waals surface area contributed by atoms with E-state index in [1.165, 1.54) is 0 Å². The van der Waals surface area contributed by atoms with E-state index in [1.807, 2.05) is 36.4 Å². The van der Waals surface area contributed by atoms with Crippen LogP contribution in [0.25, 0.3) is 22.8 Å². The van der Waals surface area contributed by atoms with Gasteiger partial charge in [-0.15, -0.1) is 0 Å². The maximum absolute atomic E-state index is 5.42. The van der Waals surface area contributed by atoms with Gasteiger partial charge < -0.3 is 19.1 Å². The van der Waals surface area contributed by atoms with Crippen molar-refractivity contribution in [1.82, 2.24) is 20.0 Å². The summed E-state index contributed by atoms with van der Waals surface area (Å²) in [5.74, 6) is 2.75. The first kappa shape index (κ1) is 17.5. The normalized spacial score (nSPS) is 17.2. The smallest absolute Gasteiger partial charge is 0.259 e. The molecule has 27 heavy (non-hydrogen) atoms. The molecule has 0 N–H and O–H groups in total. The Morgan fingerprint density at radius 1 is 1.15 bits per heavy atom. The summed E-state index contributed by atoms with van der Waals surface area (Å²) >= 11 is 0. The van der Waals surface area contributed by atoms with Gasteiger partial charge in [0, 0.05) is 31.4 Å². The fraction of sp³-hybridized carbons (Fsp3) is 0.350. The fourth-order valence-corrected chi connectivity index (χ4v) is 3.33. The third-order valence-corrected chi connectivity index (χ3v) is 5.04. The van der Waals surface area contributed by atoms with Crippen molar-refractivity contribution >= 4 is 5.82 Å². The lowest BCUT2D eigenvalue weighted by Gasteiger charge is -2.25. The van der Waals surface area contributed by atoms with Crippen LogP contribution in [-0.2, 0) is 0 Å². The zero-order valence-electron chi connectivity index (χ0n) is 15.8. The van der Waals surface area contributed by atoms with Crippen molar-refractivity contribution in [3.05, 3.63) is 42.6 Å². The van der Waals surface area contributed by atoms with E-state index in [4.69, 9.17) is 9.26 Å². The highest BCUT2D eigenvalue weighted by Gasteiger charge is 2.24. The fourth-order valence-electron chi connectivity index (χ4n) is 3.33. The molecule has 4 rings (SSSR count). The van der Waals surface area contributed by atoms with Gasteiger partial charge in [-0.25, -0.2) is 4.98 Å². The van der Waals surface area contributed by atoms with Crippen LogP contribution in [0.1, 0.15) is 6.42 Å². The molecule has 1 unspecified atom stereocenters. The minimum absolute atomic E-state index is 0.461. The van der Waals surface area contributed by atoms with Crippen molar-refractivity contribution in [2.75, 3.05) is 39.2 Å². The van der Waals surface area contributed by atoms with Crippen molar-refractivity contribution in [1.29, 1.82) is 0 Å². The molecular weight excluding hydrogens is 342 g/mol. The second-order valence-electron chi connectivity index (χ2n) is 6.87. The van der Waals surface area contributed by atoms with E-state index in [9.17, 15) is 0 Å². The van der Waals surface area contributed by atoms with Crippen molar-refractivity contribution in [3.63, 3.8) is 0 Å². The number of benzene rings is 1. The average Bonchev–Trinajstić information content (AvgIpc) is 3.37. The summed E-state index contributed by atoms with van der Waals surface area (Å²) in [7, 11) is 5.89. The SMILES string of the molecule is COc1ccc(-c2noc(-c3ccc(N(C)C4CCN(C)C4)nc3)n2)cc1. The molecule has 1 fully saturated rings. The van der Waals surface area contributed by atoms with Gasteiger partial charge in [0.05, 0.1) is 12.7 Å². The minimum Gasteiger partial charge on any atom is -0.497 e. The number of aromatic nitrogens is 3. The molecule has 0 aliphatic carbocycles. The van der Waals surface area contributed by atoms with Crippen LogP contribution < -0.4 is 9.64 Å². The van der Waals surface area contributed by atoms with Crippen LogP contribution in [0, 0.1) is 0 Å². The molecule has 1 saturated heterocycles. The lowest BCUT2D eigenvalue weighted by Crippen LogP contribution is -2.34. The lowest BCUT2D eigenvalue weighted by atomic mass is 10.2. The molecule has 3 heterocycles. The Balaban J connectivity index is 1.50. The molecule has 0 saturated carbocycles. The molecule has 0 radical (unpaired) electrons. The first-order valence-corrected chi connectivity index (χ1v) is 9.00. The number of likely N-dealkylation sites (N-methyl/N-ethyl adjacent to an activating group) is 2. The average molecular weight is 365 g/mol. The van der Waals surface area contributed by atoms with E-state index in [0.29, 0.717) is 17.8 Å². The first-order valence-electron chi connectivity index (χ1n) is 9.00. The van der Waals surface area contributed by atoms with E-state index < -0.39 is 0 Å². The predicted octanol–water partition coefficient (Wildman–Crippen LogP) is 2.95. The molecule has 1 atom stereocenters. The van der Waals surface area contributed by atoms with E-state index in [1.54, 1.807) is 13.3 Å². The number of pyridine rings is 1. The maximum atomic E-state index is 5.42. The van der Waals surface area contributed by atoms with Gasteiger partial charge in [-0.05, 0) is 56.4 Å². The molecule has 3 aromatic rings. The number of ether oxygens (including phenoxy) is 1.